The van der Waals surface area contributed by atoms with Gasteiger partial charge in [-0.2, -0.15) is 0 Å². The number of carbonyl (C=O) groups excluding carboxylic acids is 1. The Labute approximate surface area is 148 Å². The normalized spacial score (nSPS) is 14.4. The molecular weight excluding hydrogens is 349 g/mol. The molecule has 26 heavy (non-hydrogen) atoms. The minimum absolute atomic E-state index is 0.302. The molecule has 1 aromatic carbocycles. The van der Waals surface area contributed by atoms with Gasteiger partial charge in [-0.05, 0) is 26.0 Å². The number of aromatic nitrogens is 2. The van der Waals surface area contributed by atoms with Crippen LogP contribution in [0.5, 0.6) is 0 Å². The van der Waals surface area contributed by atoms with Crippen LogP contribution in [0.25, 0.3) is 0 Å². The van der Waals surface area contributed by atoms with E-state index in [1.807, 2.05) is 4.90 Å². The molecular formula is C17H17F3N4O2. The molecule has 1 amide bonds. The second-order valence-corrected chi connectivity index (χ2v) is 5.85. The molecule has 1 N–H and O–H groups in total. The van der Waals surface area contributed by atoms with Crippen LogP contribution in [0, 0.1) is 31.3 Å². The van der Waals surface area contributed by atoms with Crippen molar-refractivity contribution in [3.63, 3.8) is 0 Å². The lowest BCUT2D eigenvalue weighted by Crippen LogP contribution is -2.37. The Morgan fingerprint density at radius 2 is 1.69 bits per heavy atom. The van der Waals surface area contributed by atoms with Crippen LogP contribution in [0.3, 0.4) is 0 Å². The van der Waals surface area contributed by atoms with Gasteiger partial charge in [-0.3, -0.25) is 4.79 Å². The molecule has 1 saturated heterocycles. The minimum atomic E-state index is -1.69. The van der Waals surface area contributed by atoms with Crippen molar-refractivity contribution < 1.29 is 22.7 Å². The van der Waals surface area contributed by atoms with E-state index in [-0.39, 0.29) is 0 Å². The Morgan fingerprint density at radius 1 is 1.08 bits per heavy atom. The smallest absolute Gasteiger partial charge is 0.258 e. The Bertz CT molecular complexity index is 831. The predicted octanol–water partition coefficient (Wildman–Crippen LogP) is 2.60. The number of hydrogen-bond donors (Lipinski definition) is 1. The largest absolute Gasteiger partial charge is 0.378 e. The van der Waals surface area contributed by atoms with E-state index in [9.17, 15) is 18.0 Å². The van der Waals surface area contributed by atoms with Crippen molar-refractivity contribution in [2.24, 2.45) is 0 Å². The highest BCUT2D eigenvalue weighted by Gasteiger charge is 2.22. The fourth-order valence-electron chi connectivity index (χ4n) is 2.67. The number of rotatable bonds is 3. The van der Waals surface area contributed by atoms with E-state index in [0.29, 0.717) is 55.4 Å². The quantitative estimate of drug-likeness (QED) is 0.846. The summed E-state index contributed by atoms with van der Waals surface area (Å²) in [6, 6.07) is 1.59. The van der Waals surface area contributed by atoms with Crippen molar-refractivity contribution in [3.8, 4) is 0 Å². The van der Waals surface area contributed by atoms with Gasteiger partial charge in [0.25, 0.3) is 5.91 Å². The van der Waals surface area contributed by atoms with Gasteiger partial charge >= 0.3 is 0 Å². The fourth-order valence-corrected chi connectivity index (χ4v) is 2.67. The number of hydrogen-bond acceptors (Lipinski definition) is 5. The Kier molecular flexibility index (Phi) is 5.08. The lowest BCUT2D eigenvalue weighted by atomic mass is 10.1. The molecule has 3 rings (SSSR count). The first kappa shape index (κ1) is 18.1. The van der Waals surface area contributed by atoms with Crippen molar-refractivity contribution in [1.29, 1.82) is 0 Å². The van der Waals surface area contributed by atoms with E-state index in [0.717, 1.165) is 6.07 Å². The number of nitrogens with one attached hydrogen (secondary N) is 1. The van der Waals surface area contributed by atoms with Gasteiger partial charge in [0.05, 0.1) is 35.9 Å². The zero-order valence-electron chi connectivity index (χ0n) is 14.3. The average molecular weight is 366 g/mol. The molecule has 0 radical (unpaired) electrons. The van der Waals surface area contributed by atoms with Gasteiger partial charge in [0.2, 0.25) is 5.95 Å². The van der Waals surface area contributed by atoms with Gasteiger partial charge in [0.1, 0.15) is 0 Å². The van der Waals surface area contributed by atoms with Crippen LogP contribution in [-0.2, 0) is 4.74 Å². The first-order valence-electron chi connectivity index (χ1n) is 8.01. The summed E-state index contributed by atoms with van der Waals surface area (Å²) >= 11 is 0. The maximum Gasteiger partial charge on any atom is 0.258 e. The lowest BCUT2D eigenvalue weighted by molar-refractivity contribution is 0.102. The number of nitrogens with zero attached hydrogens (tertiary/aromatic N) is 3. The number of ether oxygens (including phenoxy) is 1. The average Bonchev–Trinajstić information content (AvgIpc) is 2.63. The zero-order valence-corrected chi connectivity index (χ0v) is 14.3. The maximum atomic E-state index is 13.8. The van der Waals surface area contributed by atoms with Crippen LogP contribution >= 0.6 is 0 Å². The summed E-state index contributed by atoms with van der Waals surface area (Å²) < 4.78 is 45.4. The molecule has 2 aromatic rings. The van der Waals surface area contributed by atoms with Crippen molar-refractivity contribution in [2.75, 3.05) is 36.5 Å². The van der Waals surface area contributed by atoms with Gasteiger partial charge in [-0.15, -0.1) is 0 Å². The van der Waals surface area contributed by atoms with Crippen molar-refractivity contribution in [3.05, 3.63) is 46.5 Å². The van der Waals surface area contributed by atoms with E-state index in [1.54, 1.807) is 13.8 Å². The Balaban J connectivity index is 1.86. The molecule has 6 nitrogen and oxygen atoms in total. The molecule has 1 fully saturated rings. The Hall–Kier alpha value is -2.68. The summed E-state index contributed by atoms with van der Waals surface area (Å²) in [5, 5.41) is 2.48. The second kappa shape index (κ2) is 7.28. The fraction of sp³-hybridized carbons (Fsp3) is 0.353. The van der Waals surface area contributed by atoms with Gasteiger partial charge in [-0.1, -0.05) is 0 Å². The summed E-state index contributed by atoms with van der Waals surface area (Å²) in [5.74, 6) is -4.98. The monoisotopic (exact) mass is 366 g/mol. The van der Waals surface area contributed by atoms with Gasteiger partial charge < -0.3 is 15.0 Å². The molecule has 0 bridgehead atoms. The SMILES string of the molecule is Cc1nc(N2CCOCC2)nc(C)c1NC(=O)c1ccc(F)c(F)c1F. The summed E-state index contributed by atoms with van der Waals surface area (Å²) in [7, 11) is 0. The van der Waals surface area contributed by atoms with E-state index >= 15 is 0 Å². The third-order valence-corrected chi connectivity index (χ3v) is 4.07. The van der Waals surface area contributed by atoms with Gasteiger partial charge in [-0.25, -0.2) is 23.1 Å². The zero-order chi connectivity index (χ0) is 18.8. The lowest BCUT2D eigenvalue weighted by Gasteiger charge is -2.27. The summed E-state index contributed by atoms with van der Waals surface area (Å²) in [5.41, 5.74) is 0.668. The topological polar surface area (TPSA) is 67.3 Å². The molecule has 9 heteroatoms. The second-order valence-electron chi connectivity index (χ2n) is 5.85. The van der Waals surface area contributed by atoms with Gasteiger partial charge in [0, 0.05) is 13.1 Å². The first-order valence-corrected chi connectivity index (χ1v) is 8.01. The number of benzene rings is 1. The molecule has 0 saturated carbocycles. The van der Waals surface area contributed by atoms with Crippen LogP contribution < -0.4 is 10.2 Å². The van der Waals surface area contributed by atoms with Crippen molar-refractivity contribution in [1.82, 2.24) is 9.97 Å². The van der Waals surface area contributed by atoms with Crippen molar-refractivity contribution >= 4 is 17.5 Å². The van der Waals surface area contributed by atoms with Crippen LogP contribution in [0.15, 0.2) is 12.1 Å². The third-order valence-electron chi connectivity index (χ3n) is 4.07. The molecule has 0 unspecified atom stereocenters. The highest BCUT2D eigenvalue weighted by Crippen LogP contribution is 2.23. The van der Waals surface area contributed by atoms with E-state index < -0.39 is 28.9 Å². The number of carbonyl (C=O) groups is 1. The standard InChI is InChI=1S/C17H17F3N4O2/c1-9-15(10(2)22-17(21-9)24-5-7-26-8-6-24)23-16(25)11-3-4-12(18)14(20)13(11)19/h3-4H,5-8H2,1-2H3,(H,23,25). The molecule has 0 aliphatic carbocycles. The molecule has 2 heterocycles. The summed E-state index contributed by atoms with van der Waals surface area (Å²) in [6.45, 7) is 5.83. The number of anilines is 2. The minimum Gasteiger partial charge on any atom is -0.378 e. The third kappa shape index (κ3) is 3.48. The van der Waals surface area contributed by atoms with Crippen LogP contribution in [0.2, 0.25) is 0 Å². The maximum absolute atomic E-state index is 13.8. The van der Waals surface area contributed by atoms with Crippen LogP contribution in [0.4, 0.5) is 24.8 Å². The number of halogens is 3. The molecule has 0 spiro atoms. The highest BCUT2D eigenvalue weighted by atomic mass is 19.2. The Morgan fingerprint density at radius 3 is 2.31 bits per heavy atom. The molecule has 1 aliphatic heterocycles. The molecule has 1 aromatic heterocycles. The van der Waals surface area contributed by atoms with Crippen molar-refractivity contribution in [2.45, 2.75) is 13.8 Å². The van der Waals surface area contributed by atoms with E-state index in [2.05, 4.69) is 15.3 Å². The molecule has 0 atom stereocenters. The summed E-state index contributed by atoms with van der Waals surface area (Å²) in [6.07, 6.45) is 0. The van der Waals surface area contributed by atoms with Gasteiger partial charge in [0.15, 0.2) is 17.5 Å². The van der Waals surface area contributed by atoms with Crippen LogP contribution in [0.1, 0.15) is 21.7 Å². The molecule has 138 valence electrons. The highest BCUT2D eigenvalue weighted by molar-refractivity contribution is 6.05. The number of amides is 1. The van der Waals surface area contributed by atoms with E-state index in [1.165, 1.54) is 0 Å². The predicted molar refractivity (Wildman–Crippen MR) is 88.8 cm³/mol. The summed E-state index contributed by atoms with van der Waals surface area (Å²) in [4.78, 5) is 23.0. The first-order chi connectivity index (χ1) is 12.4. The number of morpholine rings is 1. The molecule has 1 aliphatic rings. The number of aryl methyl sites for hydroxylation is 2. The van der Waals surface area contributed by atoms with Crippen LogP contribution in [-0.4, -0.2) is 42.2 Å². The van der Waals surface area contributed by atoms with E-state index in [4.69, 9.17) is 4.74 Å².